The van der Waals surface area contributed by atoms with Gasteiger partial charge in [-0.1, -0.05) is 6.92 Å². The predicted octanol–water partition coefficient (Wildman–Crippen LogP) is 2.42. The second-order valence-electron chi connectivity index (χ2n) is 4.94. The monoisotopic (exact) mass is 290 g/mol. The fraction of sp³-hybridized carbons (Fsp3) is 0.333. The summed E-state index contributed by atoms with van der Waals surface area (Å²) in [6.07, 6.45) is 0.871. The molecule has 21 heavy (non-hydrogen) atoms. The molecule has 0 saturated carbocycles. The van der Waals surface area contributed by atoms with E-state index in [9.17, 15) is 9.18 Å². The molecule has 0 aliphatic heterocycles. The number of amides is 1. The van der Waals surface area contributed by atoms with Crippen molar-refractivity contribution in [1.82, 2.24) is 9.78 Å². The maximum Gasteiger partial charge on any atom is 0.246 e. The lowest BCUT2D eigenvalue weighted by Gasteiger charge is -2.09. The lowest BCUT2D eigenvalue weighted by atomic mass is 10.1. The first kappa shape index (κ1) is 15.0. The molecule has 2 aromatic rings. The molecule has 0 bridgehead atoms. The minimum atomic E-state index is -0.445. The van der Waals surface area contributed by atoms with Gasteiger partial charge in [0.05, 0.1) is 17.1 Å². The van der Waals surface area contributed by atoms with E-state index in [1.165, 1.54) is 18.2 Å². The van der Waals surface area contributed by atoms with Crippen LogP contribution < -0.4 is 11.1 Å². The molecule has 0 fully saturated rings. The number of nitrogens with two attached hydrogens (primary N) is 1. The van der Waals surface area contributed by atoms with Gasteiger partial charge in [0.25, 0.3) is 0 Å². The molecule has 0 spiro atoms. The van der Waals surface area contributed by atoms with Crippen molar-refractivity contribution in [3.63, 3.8) is 0 Å². The van der Waals surface area contributed by atoms with E-state index in [2.05, 4.69) is 17.3 Å². The number of nitrogens with one attached hydrogen (secondary N) is 1. The zero-order valence-corrected chi connectivity index (χ0v) is 12.4. The summed E-state index contributed by atoms with van der Waals surface area (Å²) in [5.41, 5.74) is 9.35. The van der Waals surface area contributed by atoms with Crippen LogP contribution in [0.2, 0.25) is 0 Å². The number of carbonyl (C=O) groups is 1. The number of nitrogens with zero attached hydrogens (tertiary/aromatic N) is 2. The molecule has 0 aliphatic carbocycles. The van der Waals surface area contributed by atoms with Crippen molar-refractivity contribution in [1.29, 1.82) is 0 Å². The van der Waals surface area contributed by atoms with Gasteiger partial charge in [0, 0.05) is 5.69 Å². The first-order valence-corrected chi connectivity index (χ1v) is 6.80. The van der Waals surface area contributed by atoms with Crippen molar-refractivity contribution in [2.75, 3.05) is 11.1 Å². The number of hydrogen-bond acceptors (Lipinski definition) is 3. The number of anilines is 2. The van der Waals surface area contributed by atoms with Gasteiger partial charge in [-0.3, -0.25) is 9.48 Å². The normalized spacial score (nSPS) is 10.7. The Balaban J connectivity index is 2.14. The zero-order chi connectivity index (χ0) is 15.6. The lowest BCUT2D eigenvalue weighted by Crippen LogP contribution is -2.21. The molecular weight excluding hydrogens is 271 g/mol. The molecule has 0 saturated heterocycles. The number of benzene rings is 1. The van der Waals surface area contributed by atoms with Crippen molar-refractivity contribution in [3.05, 3.63) is 41.0 Å². The highest BCUT2D eigenvalue weighted by Crippen LogP contribution is 2.19. The molecule has 1 aromatic carbocycles. The summed E-state index contributed by atoms with van der Waals surface area (Å²) >= 11 is 0. The van der Waals surface area contributed by atoms with E-state index in [4.69, 9.17) is 5.73 Å². The van der Waals surface area contributed by atoms with Crippen LogP contribution in [0.5, 0.6) is 0 Å². The Labute approximate surface area is 123 Å². The number of aryl methyl sites for hydroxylation is 1. The standard InChI is InChI=1S/C15H19FN4O/c1-4-12-9(2)19-20(10(12)3)8-15(21)18-14-7-11(16)5-6-13(14)17/h5-7H,4,8,17H2,1-3H3,(H,18,21). The van der Waals surface area contributed by atoms with Crippen molar-refractivity contribution >= 4 is 17.3 Å². The summed E-state index contributed by atoms with van der Waals surface area (Å²) < 4.78 is 14.8. The molecule has 0 unspecified atom stereocenters. The lowest BCUT2D eigenvalue weighted by molar-refractivity contribution is -0.116. The molecule has 2 rings (SSSR count). The molecule has 6 heteroatoms. The number of hydrogen-bond donors (Lipinski definition) is 2. The first-order valence-electron chi connectivity index (χ1n) is 6.80. The van der Waals surface area contributed by atoms with Crippen molar-refractivity contribution in [3.8, 4) is 0 Å². The molecule has 1 heterocycles. The molecule has 1 amide bonds. The van der Waals surface area contributed by atoms with Crippen LogP contribution in [-0.2, 0) is 17.8 Å². The summed E-state index contributed by atoms with van der Waals surface area (Å²) in [5.74, 6) is -0.737. The van der Waals surface area contributed by atoms with Crippen LogP contribution in [0.3, 0.4) is 0 Å². The van der Waals surface area contributed by atoms with Crippen molar-refractivity contribution in [2.24, 2.45) is 0 Å². The quantitative estimate of drug-likeness (QED) is 0.849. The van der Waals surface area contributed by atoms with Gasteiger partial charge < -0.3 is 11.1 Å². The van der Waals surface area contributed by atoms with E-state index in [0.717, 1.165) is 23.4 Å². The van der Waals surface area contributed by atoms with Gasteiger partial charge in [-0.05, 0) is 44.0 Å². The van der Waals surface area contributed by atoms with Crippen LogP contribution in [0.15, 0.2) is 18.2 Å². The second-order valence-corrected chi connectivity index (χ2v) is 4.94. The Morgan fingerprint density at radius 2 is 2.14 bits per heavy atom. The van der Waals surface area contributed by atoms with E-state index in [1.54, 1.807) is 4.68 Å². The molecular formula is C15H19FN4O. The first-order chi connectivity index (χ1) is 9.92. The van der Waals surface area contributed by atoms with Crippen LogP contribution in [0.4, 0.5) is 15.8 Å². The molecule has 0 aliphatic rings. The van der Waals surface area contributed by atoms with Crippen LogP contribution in [0.1, 0.15) is 23.9 Å². The van der Waals surface area contributed by atoms with Gasteiger partial charge in [-0.15, -0.1) is 0 Å². The second kappa shape index (κ2) is 5.95. The third kappa shape index (κ3) is 3.21. The summed E-state index contributed by atoms with van der Waals surface area (Å²) in [5, 5.41) is 6.96. The minimum absolute atomic E-state index is 0.0721. The number of carbonyl (C=O) groups excluding carboxylic acids is 1. The predicted molar refractivity (Wildman–Crippen MR) is 80.5 cm³/mol. The average molecular weight is 290 g/mol. The summed E-state index contributed by atoms with van der Waals surface area (Å²) in [6.45, 7) is 5.98. The SMILES string of the molecule is CCc1c(C)nn(CC(=O)Nc2cc(F)ccc2N)c1C. The van der Waals surface area contributed by atoms with Crippen molar-refractivity contribution in [2.45, 2.75) is 33.7 Å². The number of rotatable bonds is 4. The van der Waals surface area contributed by atoms with E-state index < -0.39 is 5.82 Å². The van der Waals surface area contributed by atoms with E-state index in [0.29, 0.717) is 5.69 Å². The Bertz CT molecular complexity index is 679. The van der Waals surface area contributed by atoms with Gasteiger partial charge in [0.1, 0.15) is 12.4 Å². The van der Waals surface area contributed by atoms with E-state index in [-0.39, 0.29) is 18.1 Å². The molecule has 3 N–H and O–H groups in total. The van der Waals surface area contributed by atoms with Gasteiger partial charge in [-0.25, -0.2) is 4.39 Å². The highest BCUT2D eigenvalue weighted by molar-refractivity contribution is 5.93. The van der Waals surface area contributed by atoms with Crippen molar-refractivity contribution < 1.29 is 9.18 Å². The Hall–Kier alpha value is -2.37. The minimum Gasteiger partial charge on any atom is -0.397 e. The topological polar surface area (TPSA) is 72.9 Å². The van der Waals surface area contributed by atoms with Gasteiger partial charge in [-0.2, -0.15) is 5.10 Å². The zero-order valence-electron chi connectivity index (χ0n) is 12.4. The van der Waals surface area contributed by atoms with Gasteiger partial charge in [0.15, 0.2) is 0 Å². The van der Waals surface area contributed by atoms with Crippen LogP contribution >= 0.6 is 0 Å². The smallest absolute Gasteiger partial charge is 0.246 e. The Morgan fingerprint density at radius 1 is 1.43 bits per heavy atom. The Kier molecular flexibility index (Phi) is 4.26. The van der Waals surface area contributed by atoms with Gasteiger partial charge >= 0.3 is 0 Å². The molecule has 0 atom stereocenters. The largest absolute Gasteiger partial charge is 0.397 e. The summed E-state index contributed by atoms with van der Waals surface area (Å²) in [4.78, 5) is 12.1. The van der Waals surface area contributed by atoms with E-state index in [1.807, 2.05) is 13.8 Å². The maximum absolute atomic E-state index is 13.2. The van der Waals surface area contributed by atoms with Crippen LogP contribution in [0, 0.1) is 19.7 Å². The summed E-state index contributed by atoms with van der Waals surface area (Å²) in [7, 11) is 0. The third-order valence-electron chi connectivity index (χ3n) is 3.47. The molecule has 5 nitrogen and oxygen atoms in total. The van der Waals surface area contributed by atoms with Crippen LogP contribution in [0.25, 0.3) is 0 Å². The molecule has 0 radical (unpaired) electrons. The number of halogens is 1. The fourth-order valence-corrected chi connectivity index (χ4v) is 2.36. The molecule has 112 valence electrons. The summed E-state index contributed by atoms with van der Waals surface area (Å²) in [6, 6.07) is 3.87. The van der Waals surface area contributed by atoms with Crippen LogP contribution in [-0.4, -0.2) is 15.7 Å². The number of nitrogen functional groups attached to an aromatic ring is 1. The van der Waals surface area contributed by atoms with Gasteiger partial charge in [0.2, 0.25) is 5.91 Å². The molecule has 1 aromatic heterocycles. The van der Waals surface area contributed by atoms with E-state index >= 15 is 0 Å². The average Bonchev–Trinajstić information content (AvgIpc) is 2.68. The highest BCUT2D eigenvalue weighted by Gasteiger charge is 2.13. The number of aromatic nitrogens is 2. The Morgan fingerprint density at radius 3 is 2.76 bits per heavy atom. The maximum atomic E-state index is 13.2. The third-order valence-corrected chi connectivity index (χ3v) is 3.47. The highest BCUT2D eigenvalue weighted by atomic mass is 19.1. The fourth-order valence-electron chi connectivity index (χ4n) is 2.36.